The number of hydrogen-bond acceptors (Lipinski definition) is 2. The molecule has 2 amide bonds. The number of nitrogens with zero attached hydrogens (tertiary/aromatic N) is 2. The van der Waals surface area contributed by atoms with E-state index in [1.54, 1.807) is 0 Å². The van der Waals surface area contributed by atoms with Crippen molar-refractivity contribution >= 4 is 11.8 Å². The van der Waals surface area contributed by atoms with Gasteiger partial charge in [0, 0.05) is 32.6 Å². The summed E-state index contributed by atoms with van der Waals surface area (Å²) in [4.78, 5) is 28.8. The van der Waals surface area contributed by atoms with Gasteiger partial charge in [0.05, 0.1) is 5.92 Å². The first-order valence-corrected chi connectivity index (χ1v) is 9.80. The molecule has 2 aromatic carbocycles. The molecule has 140 valence electrons. The summed E-state index contributed by atoms with van der Waals surface area (Å²) in [5.74, 6) is 0.364. The third-order valence-corrected chi connectivity index (χ3v) is 6.01. The second-order valence-corrected chi connectivity index (χ2v) is 7.74. The Labute approximate surface area is 160 Å². The zero-order chi connectivity index (χ0) is 18.8. The molecular weight excluding hydrogens is 336 g/mol. The number of hydrogen-bond donors (Lipinski definition) is 0. The van der Waals surface area contributed by atoms with E-state index in [0.717, 1.165) is 19.3 Å². The topological polar surface area (TPSA) is 40.6 Å². The van der Waals surface area contributed by atoms with E-state index in [0.29, 0.717) is 19.5 Å². The quantitative estimate of drug-likeness (QED) is 0.837. The Hall–Kier alpha value is -2.62. The first-order valence-electron chi connectivity index (χ1n) is 9.80. The summed E-state index contributed by atoms with van der Waals surface area (Å²) in [5, 5.41) is 0. The Morgan fingerprint density at radius 1 is 0.963 bits per heavy atom. The average molecular weight is 362 g/mol. The number of carbonyl (C=O) groups excluding carboxylic acids is 2. The number of aryl methyl sites for hydroxylation is 1. The minimum absolute atomic E-state index is 0.0112. The highest BCUT2D eigenvalue weighted by Gasteiger charge is 2.39. The van der Waals surface area contributed by atoms with Crippen LogP contribution in [0, 0.1) is 5.92 Å². The molecular formula is C23H26N2O2. The van der Waals surface area contributed by atoms with Crippen LogP contribution in [-0.2, 0) is 16.0 Å². The van der Waals surface area contributed by atoms with Gasteiger partial charge >= 0.3 is 0 Å². The molecule has 0 N–H and O–H groups in total. The van der Waals surface area contributed by atoms with Crippen molar-refractivity contribution in [2.24, 2.45) is 5.92 Å². The maximum atomic E-state index is 12.7. The highest BCUT2D eigenvalue weighted by atomic mass is 16.2. The molecule has 3 aliphatic rings. The fourth-order valence-electron chi connectivity index (χ4n) is 4.26. The molecule has 4 nitrogen and oxygen atoms in total. The molecule has 3 heterocycles. The van der Waals surface area contributed by atoms with Crippen LogP contribution < -0.4 is 0 Å². The lowest BCUT2D eigenvalue weighted by Gasteiger charge is -2.32. The number of likely N-dealkylation sites (N-methyl/N-ethyl adjacent to an activating group) is 1. The molecule has 0 spiro atoms. The van der Waals surface area contributed by atoms with Crippen molar-refractivity contribution in [2.75, 3.05) is 20.1 Å². The summed E-state index contributed by atoms with van der Waals surface area (Å²) < 4.78 is 0. The number of benzene rings is 2. The van der Waals surface area contributed by atoms with E-state index in [2.05, 4.69) is 36.4 Å². The number of fused-ring (bicyclic) bond motifs is 4. The van der Waals surface area contributed by atoms with Crippen LogP contribution >= 0.6 is 0 Å². The number of amides is 2. The van der Waals surface area contributed by atoms with Gasteiger partial charge < -0.3 is 9.80 Å². The maximum absolute atomic E-state index is 12.7. The standard InChI is InChI=1S/C23H26N2O2/c1-24-21-13-12-20(23(24)27)15-25(16-21)22(26)14-9-17-7-10-19(11-8-17)18-5-3-2-4-6-18/h2-8,10-11,20-21H,9,12-16H2,1H3/t20-,21+/m1/s1. The molecule has 0 aliphatic carbocycles. The van der Waals surface area contributed by atoms with Crippen LogP contribution in [0.4, 0.5) is 0 Å². The Kier molecular flexibility index (Phi) is 4.97. The van der Waals surface area contributed by atoms with Gasteiger partial charge in [0.25, 0.3) is 0 Å². The average Bonchev–Trinajstić information content (AvgIpc) is 3.00. The van der Waals surface area contributed by atoms with Gasteiger partial charge in [0.15, 0.2) is 0 Å². The van der Waals surface area contributed by atoms with Gasteiger partial charge in [0.1, 0.15) is 0 Å². The lowest BCUT2D eigenvalue weighted by atomic mass is 9.95. The first kappa shape index (κ1) is 17.8. The van der Waals surface area contributed by atoms with Crippen LogP contribution in [0.25, 0.3) is 11.1 Å². The van der Waals surface area contributed by atoms with Crippen LogP contribution in [0.15, 0.2) is 54.6 Å². The predicted molar refractivity (Wildman–Crippen MR) is 106 cm³/mol. The number of rotatable bonds is 4. The van der Waals surface area contributed by atoms with Crippen molar-refractivity contribution in [3.05, 3.63) is 60.2 Å². The van der Waals surface area contributed by atoms with Gasteiger partial charge in [-0.2, -0.15) is 0 Å². The van der Waals surface area contributed by atoms with E-state index < -0.39 is 0 Å². The van der Waals surface area contributed by atoms with Gasteiger partial charge in [-0.05, 0) is 36.0 Å². The largest absolute Gasteiger partial charge is 0.341 e. The van der Waals surface area contributed by atoms with Crippen LogP contribution in [0.2, 0.25) is 0 Å². The van der Waals surface area contributed by atoms with Crippen LogP contribution in [-0.4, -0.2) is 47.8 Å². The highest BCUT2D eigenvalue weighted by Crippen LogP contribution is 2.28. The monoisotopic (exact) mass is 362 g/mol. The normalized spacial score (nSPS) is 22.0. The highest BCUT2D eigenvalue weighted by molar-refractivity contribution is 5.83. The third-order valence-electron chi connectivity index (χ3n) is 6.01. The van der Waals surface area contributed by atoms with Crippen molar-refractivity contribution in [2.45, 2.75) is 31.7 Å². The molecule has 0 saturated carbocycles. The Morgan fingerprint density at radius 2 is 1.67 bits per heavy atom. The van der Waals surface area contributed by atoms with Gasteiger partial charge in [-0.15, -0.1) is 0 Å². The molecule has 27 heavy (non-hydrogen) atoms. The fraction of sp³-hybridized carbons (Fsp3) is 0.391. The molecule has 3 saturated heterocycles. The summed E-state index contributed by atoms with van der Waals surface area (Å²) >= 11 is 0. The van der Waals surface area contributed by atoms with E-state index in [-0.39, 0.29) is 23.8 Å². The third kappa shape index (κ3) is 3.75. The lowest BCUT2D eigenvalue weighted by Crippen LogP contribution is -2.45. The minimum Gasteiger partial charge on any atom is -0.341 e. The first-order chi connectivity index (χ1) is 13.1. The number of piperidine rings is 1. The zero-order valence-corrected chi connectivity index (χ0v) is 15.8. The van der Waals surface area contributed by atoms with Crippen molar-refractivity contribution in [1.29, 1.82) is 0 Å². The van der Waals surface area contributed by atoms with Gasteiger partial charge in [-0.3, -0.25) is 9.59 Å². The molecule has 0 unspecified atom stereocenters. The van der Waals surface area contributed by atoms with E-state index in [1.807, 2.05) is 35.0 Å². The molecule has 2 atom stereocenters. The van der Waals surface area contributed by atoms with Crippen LogP contribution in [0.5, 0.6) is 0 Å². The molecule has 5 rings (SSSR count). The summed E-state index contributed by atoms with van der Waals surface area (Å²) in [6, 6.07) is 18.9. The number of carbonyl (C=O) groups is 2. The van der Waals surface area contributed by atoms with Crippen LogP contribution in [0.1, 0.15) is 24.8 Å². The second-order valence-electron chi connectivity index (χ2n) is 7.74. The summed E-state index contributed by atoms with van der Waals surface area (Å²) in [5.41, 5.74) is 3.57. The van der Waals surface area contributed by atoms with E-state index in [4.69, 9.17) is 0 Å². The molecule has 0 aromatic heterocycles. The summed E-state index contributed by atoms with van der Waals surface area (Å²) in [6.07, 6.45) is 3.17. The minimum atomic E-state index is -0.0112. The molecule has 3 aliphatic heterocycles. The predicted octanol–water partition coefficient (Wildman–Crippen LogP) is 3.37. The summed E-state index contributed by atoms with van der Waals surface area (Å²) in [7, 11) is 1.88. The fourth-order valence-corrected chi connectivity index (χ4v) is 4.26. The maximum Gasteiger partial charge on any atom is 0.227 e. The molecule has 0 radical (unpaired) electrons. The lowest BCUT2D eigenvalue weighted by molar-refractivity contribution is -0.138. The van der Waals surface area contributed by atoms with Gasteiger partial charge in [0.2, 0.25) is 11.8 Å². The summed E-state index contributed by atoms with van der Waals surface area (Å²) in [6.45, 7) is 1.27. The van der Waals surface area contributed by atoms with Crippen molar-refractivity contribution < 1.29 is 9.59 Å². The van der Waals surface area contributed by atoms with Crippen molar-refractivity contribution in [3.8, 4) is 11.1 Å². The second kappa shape index (κ2) is 7.55. The molecule has 2 bridgehead atoms. The van der Waals surface area contributed by atoms with Crippen molar-refractivity contribution in [3.63, 3.8) is 0 Å². The van der Waals surface area contributed by atoms with E-state index >= 15 is 0 Å². The van der Waals surface area contributed by atoms with Crippen molar-refractivity contribution in [1.82, 2.24) is 9.80 Å². The molecule has 2 aromatic rings. The van der Waals surface area contributed by atoms with Crippen LogP contribution in [0.3, 0.4) is 0 Å². The van der Waals surface area contributed by atoms with Gasteiger partial charge in [-0.1, -0.05) is 54.6 Å². The Morgan fingerprint density at radius 3 is 2.41 bits per heavy atom. The molecule has 3 fully saturated rings. The Balaban J connectivity index is 1.36. The SMILES string of the molecule is CN1C(=O)[C@@H]2CC[C@H]1CN(C(=O)CCc1ccc(-c3ccccc3)cc1)C2. The van der Waals surface area contributed by atoms with Gasteiger partial charge in [-0.25, -0.2) is 0 Å². The molecule has 4 heteroatoms. The van der Waals surface area contributed by atoms with E-state index in [9.17, 15) is 9.59 Å². The van der Waals surface area contributed by atoms with E-state index in [1.165, 1.54) is 16.7 Å². The Bertz CT molecular complexity index is 816. The smallest absolute Gasteiger partial charge is 0.227 e. The zero-order valence-electron chi connectivity index (χ0n) is 15.8.